The molecule has 8 nitrogen and oxygen atoms in total. The number of hydrogen-bond acceptors (Lipinski definition) is 7. The number of nitrogens with zero attached hydrogens (tertiary/aromatic N) is 3. The molecule has 1 atom stereocenters. The lowest BCUT2D eigenvalue weighted by Gasteiger charge is -2.36. The standard InChI is InChI=1S/C26H29FN4O4/c1-30-23-13-21(27)16(11-25(23)35-26(30)33)14-31(17-5-8-28-9-6-17)15-24(32)19-7-10-29-22-4-3-18(34-2)12-20(19)22/h3-4,7,10-13,17,24,28,32H,5-6,8-9,14-15H2,1-2H3/t24-/m1/s1. The number of ether oxygens (including phenoxy) is 1. The predicted molar refractivity (Wildman–Crippen MR) is 131 cm³/mol. The first-order chi connectivity index (χ1) is 16.9. The van der Waals surface area contributed by atoms with Gasteiger partial charge in [0.25, 0.3) is 0 Å². The molecule has 1 aliphatic rings. The van der Waals surface area contributed by atoms with Crippen LogP contribution in [0.4, 0.5) is 4.39 Å². The van der Waals surface area contributed by atoms with Crippen molar-refractivity contribution in [3.8, 4) is 5.75 Å². The minimum absolute atomic E-state index is 0.173. The van der Waals surface area contributed by atoms with Gasteiger partial charge in [0.05, 0.1) is 24.2 Å². The van der Waals surface area contributed by atoms with Crippen LogP contribution in [0.25, 0.3) is 22.0 Å². The van der Waals surface area contributed by atoms with Crippen molar-refractivity contribution in [2.24, 2.45) is 7.05 Å². The van der Waals surface area contributed by atoms with Crippen molar-refractivity contribution in [2.75, 3.05) is 26.7 Å². The van der Waals surface area contributed by atoms with Crippen LogP contribution in [0, 0.1) is 5.82 Å². The summed E-state index contributed by atoms with van der Waals surface area (Å²) < 4.78 is 27.1. The van der Waals surface area contributed by atoms with Gasteiger partial charge < -0.3 is 19.6 Å². The SMILES string of the molecule is COc1ccc2nccc([C@H](O)CN(Cc3cc4oc(=O)n(C)c4cc3F)C3CCNCC3)c2c1. The van der Waals surface area contributed by atoms with Gasteiger partial charge >= 0.3 is 5.76 Å². The number of methoxy groups -OCH3 is 1. The van der Waals surface area contributed by atoms with Crippen molar-refractivity contribution in [3.05, 3.63) is 70.1 Å². The average Bonchev–Trinajstić information content (AvgIpc) is 3.15. The van der Waals surface area contributed by atoms with Gasteiger partial charge in [-0.15, -0.1) is 0 Å². The summed E-state index contributed by atoms with van der Waals surface area (Å²) in [5.74, 6) is -0.238. The topological polar surface area (TPSA) is 92.8 Å². The molecule has 2 N–H and O–H groups in total. The van der Waals surface area contributed by atoms with E-state index in [0.29, 0.717) is 29.0 Å². The maximum absolute atomic E-state index is 15.1. The summed E-state index contributed by atoms with van der Waals surface area (Å²) in [5.41, 5.74) is 2.72. The number of aliphatic hydroxyl groups excluding tert-OH is 1. The minimum atomic E-state index is -0.816. The number of rotatable bonds is 7. The van der Waals surface area contributed by atoms with Gasteiger partial charge in [0.2, 0.25) is 0 Å². The molecule has 0 saturated carbocycles. The number of hydrogen-bond donors (Lipinski definition) is 2. The molecule has 4 aromatic rings. The summed E-state index contributed by atoms with van der Waals surface area (Å²) in [4.78, 5) is 18.4. The lowest BCUT2D eigenvalue weighted by Crippen LogP contribution is -2.44. The van der Waals surface area contributed by atoms with E-state index in [1.807, 2.05) is 24.3 Å². The van der Waals surface area contributed by atoms with E-state index >= 15 is 4.39 Å². The number of oxazole rings is 1. The monoisotopic (exact) mass is 480 g/mol. The summed E-state index contributed by atoms with van der Waals surface area (Å²) >= 11 is 0. The van der Waals surface area contributed by atoms with Gasteiger partial charge in [0.1, 0.15) is 11.6 Å². The number of aryl methyl sites for hydroxylation is 1. The third-order valence-electron chi connectivity index (χ3n) is 6.91. The van der Waals surface area contributed by atoms with E-state index in [4.69, 9.17) is 9.15 Å². The Labute approximate surface area is 201 Å². The summed E-state index contributed by atoms with van der Waals surface area (Å²) in [6.07, 6.45) is 2.65. The molecule has 0 spiro atoms. The highest BCUT2D eigenvalue weighted by Gasteiger charge is 2.26. The highest BCUT2D eigenvalue weighted by atomic mass is 19.1. The van der Waals surface area contributed by atoms with Gasteiger partial charge in [-0.1, -0.05) is 0 Å². The van der Waals surface area contributed by atoms with Gasteiger partial charge in [-0.3, -0.25) is 14.5 Å². The Balaban J connectivity index is 1.47. The third kappa shape index (κ3) is 4.67. The molecule has 0 radical (unpaired) electrons. The Kier molecular flexibility index (Phi) is 6.55. The first kappa shape index (κ1) is 23.5. The summed E-state index contributed by atoms with van der Waals surface area (Å²) in [6, 6.07) is 10.5. The zero-order chi connectivity index (χ0) is 24.5. The van der Waals surface area contributed by atoms with E-state index in [1.165, 1.54) is 10.6 Å². The molecule has 184 valence electrons. The molecule has 2 aromatic carbocycles. The Morgan fingerprint density at radius 1 is 1.29 bits per heavy atom. The van der Waals surface area contributed by atoms with Crippen molar-refractivity contribution in [3.63, 3.8) is 0 Å². The van der Waals surface area contributed by atoms with Crippen LogP contribution in [0.15, 0.2) is 51.8 Å². The van der Waals surface area contributed by atoms with Crippen LogP contribution in [0.2, 0.25) is 0 Å². The van der Waals surface area contributed by atoms with Crippen molar-refractivity contribution < 1.29 is 18.7 Å². The Bertz CT molecular complexity index is 1410. The van der Waals surface area contributed by atoms with Crippen molar-refractivity contribution in [1.29, 1.82) is 0 Å². The quantitative estimate of drug-likeness (QED) is 0.420. The van der Waals surface area contributed by atoms with Crippen molar-refractivity contribution in [2.45, 2.75) is 31.5 Å². The Hall–Kier alpha value is -3.27. The van der Waals surface area contributed by atoms with Gasteiger partial charge in [-0.05, 0) is 61.8 Å². The van der Waals surface area contributed by atoms with E-state index in [9.17, 15) is 9.90 Å². The fourth-order valence-corrected chi connectivity index (χ4v) is 4.93. The molecule has 1 aliphatic heterocycles. The number of fused-ring (bicyclic) bond motifs is 2. The van der Waals surface area contributed by atoms with E-state index < -0.39 is 17.7 Å². The molecular formula is C26H29FN4O4. The minimum Gasteiger partial charge on any atom is -0.497 e. The molecule has 2 aromatic heterocycles. The molecule has 1 fully saturated rings. The number of aromatic nitrogens is 2. The summed E-state index contributed by atoms with van der Waals surface area (Å²) in [7, 11) is 3.16. The molecule has 1 saturated heterocycles. The number of pyridine rings is 1. The number of nitrogens with one attached hydrogen (secondary N) is 1. The van der Waals surface area contributed by atoms with Gasteiger partial charge in [0, 0.05) is 49.4 Å². The van der Waals surface area contributed by atoms with Crippen LogP contribution in [-0.2, 0) is 13.6 Å². The van der Waals surface area contributed by atoms with Crippen LogP contribution in [0.5, 0.6) is 5.75 Å². The second kappa shape index (κ2) is 9.77. The number of benzene rings is 2. The largest absolute Gasteiger partial charge is 0.497 e. The van der Waals surface area contributed by atoms with Gasteiger partial charge in [0.15, 0.2) is 5.58 Å². The van der Waals surface area contributed by atoms with E-state index in [1.54, 1.807) is 26.4 Å². The predicted octanol–water partition coefficient (Wildman–Crippen LogP) is 3.12. The lowest BCUT2D eigenvalue weighted by atomic mass is 9.99. The van der Waals surface area contributed by atoms with Gasteiger partial charge in [-0.2, -0.15) is 0 Å². The normalized spacial score (nSPS) is 15.8. The zero-order valence-corrected chi connectivity index (χ0v) is 19.8. The molecule has 0 unspecified atom stereocenters. The zero-order valence-electron chi connectivity index (χ0n) is 19.8. The first-order valence-electron chi connectivity index (χ1n) is 11.8. The van der Waals surface area contributed by atoms with Gasteiger partial charge in [-0.25, -0.2) is 9.18 Å². The maximum atomic E-state index is 15.1. The van der Waals surface area contributed by atoms with Crippen LogP contribution >= 0.6 is 0 Å². The molecule has 0 bridgehead atoms. The van der Waals surface area contributed by atoms with Crippen LogP contribution < -0.4 is 15.8 Å². The molecule has 35 heavy (non-hydrogen) atoms. The second-order valence-electron chi connectivity index (χ2n) is 9.05. The highest BCUT2D eigenvalue weighted by Crippen LogP contribution is 2.29. The molecule has 5 rings (SSSR count). The number of aliphatic hydroxyl groups is 1. The van der Waals surface area contributed by atoms with Crippen molar-refractivity contribution in [1.82, 2.24) is 19.8 Å². The molecule has 0 aliphatic carbocycles. The van der Waals surface area contributed by atoms with E-state index in [2.05, 4.69) is 15.2 Å². The van der Waals surface area contributed by atoms with Crippen LogP contribution in [0.3, 0.4) is 0 Å². The molecule has 0 amide bonds. The fourth-order valence-electron chi connectivity index (χ4n) is 4.93. The first-order valence-corrected chi connectivity index (χ1v) is 11.8. The highest BCUT2D eigenvalue weighted by molar-refractivity contribution is 5.83. The van der Waals surface area contributed by atoms with Crippen LogP contribution in [-0.4, -0.2) is 52.3 Å². The third-order valence-corrected chi connectivity index (χ3v) is 6.91. The smallest absolute Gasteiger partial charge is 0.419 e. The summed E-state index contributed by atoms with van der Waals surface area (Å²) in [6.45, 7) is 2.33. The second-order valence-corrected chi connectivity index (χ2v) is 9.05. The van der Waals surface area contributed by atoms with E-state index in [0.717, 1.165) is 42.4 Å². The fraction of sp³-hybridized carbons (Fsp3) is 0.385. The number of piperidine rings is 1. The summed E-state index contributed by atoms with van der Waals surface area (Å²) in [5, 5.41) is 15.5. The Morgan fingerprint density at radius 3 is 2.86 bits per heavy atom. The Morgan fingerprint density at radius 2 is 2.09 bits per heavy atom. The molecular weight excluding hydrogens is 451 g/mol. The number of halogens is 1. The van der Waals surface area contributed by atoms with E-state index in [-0.39, 0.29) is 12.6 Å². The van der Waals surface area contributed by atoms with Crippen molar-refractivity contribution >= 4 is 22.0 Å². The van der Waals surface area contributed by atoms with Crippen LogP contribution in [0.1, 0.15) is 30.1 Å². The average molecular weight is 481 g/mol. The molecule has 9 heteroatoms. The maximum Gasteiger partial charge on any atom is 0.419 e. The lowest BCUT2D eigenvalue weighted by molar-refractivity contribution is 0.0699. The molecule has 3 heterocycles.